The minimum Gasteiger partial charge on any atom is -0.348 e. The molecular formula is C27H27F2N3O2. The van der Waals surface area contributed by atoms with Gasteiger partial charge in [0.25, 0.3) is 11.8 Å². The summed E-state index contributed by atoms with van der Waals surface area (Å²) in [7, 11) is 0. The first-order chi connectivity index (χ1) is 16.3. The molecule has 34 heavy (non-hydrogen) atoms. The predicted octanol–water partition coefficient (Wildman–Crippen LogP) is 4.93. The molecule has 1 aliphatic rings. The largest absolute Gasteiger partial charge is 0.348 e. The first kappa shape index (κ1) is 23.5. The molecule has 1 N–H and O–H groups in total. The van der Waals surface area contributed by atoms with Gasteiger partial charge in [-0.05, 0) is 56.5 Å². The zero-order chi connectivity index (χ0) is 24.2. The molecule has 1 saturated heterocycles. The highest BCUT2D eigenvalue weighted by atomic mass is 19.1. The number of rotatable bonds is 5. The first-order valence-electron chi connectivity index (χ1n) is 11.4. The molecule has 0 atom stereocenters. The molecule has 2 aromatic carbocycles. The highest BCUT2D eigenvalue weighted by Crippen LogP contribution is 2.30. The van der Waals surface area contributed by atoms with Gasteiger partial charge in [-0.1, -0.05) is 29.8 Å². The van der Waals surface area contributed by atoms with Crippen LogP contribution in [0.5, 0.6) is 0 Å². The van der Waals surface area contributed by atoms with E-state index in [2.05, 4.69) is 10.3 Å². The lowest BCUT2D eigenvalue weighted by atomic mass is 9.89. The second-order valence-electron chi connectivity index (χ2n) is 8.78. The molecule has 0 saturated carbocycles. The van der Waals surface area contributed by atoms with Gasteiger partial charge in [-0.3, -0.25) is 14.6 Å². The number of benzene rings is 2. The van der Waals surface area contributed by atoms with E-state index in [-0.39, 0.29) is 17.4 Å². The molecule has 2 heterocycles. The Kier molecular flexibility index (Phi) is 7.01. The predicted molar refractivity (Wildman–Crippen MR) is 126 cm³/mol. The highest BCUT2D eigenvalue weighted by molar-refractivity contribution is 5.96. The summed E-state index contributed by atoms with van der Waals surface area (Å²) in [5, 5.41) is 2.98. The van der Waals surface area contributed by atoms with Crippen LogP contribution in [0.25, 0.3) is 0 Å². The average molecular weight is 464 g/mol. The maximum absolute atomic E-state index is 13.5. The molecular weight excluding hydrogens is 436 g/mol. The van der Waals surface area contributed by atoms with Crippen molar-refractivity contribution in [2.45, 2.75) is 39.2 Å². The van der Waals surface area contributed by atoms with Crippen LogP contribution in [0, 0.1) is 25.5 Å². The minimum absolute atomic E-state index is 0.000744. The van der Waals surface area contributed by atoms with Gasteiger partial charge in [0, 0.05) is 42.9 Å². The van der Waals surface area contributed by atoms with Gasteiger partial charge in [0.15, 0.2) is 0 Å². The SMILES string of the molecule is Cc1ccc(CNC(=O)c2ccc(C)nc2C2CCN(C(=O)c3cc(F)cc(F)c3)CC2)cc1. The molecule has 0 unspecified atom stereocenters. The lowest BCUT2D eigenvalue weighted by Crippen LogP contribution is -2.38. The molecule has 176 valence electrons. The van der Waals surface area contributed by atoms with Crippen molar-refractivity contribution in [3.8, 4) is 0 Å². The fraction of sp³-hybridized carbons (Fsp3) is 0.296. The molecule has 3 aromatic rings. The van der Waals surface area contributed by atoms with E-state index in [1.54, 1.807) is 11.0 Å². The summed E-state index contributed by atoms with van der Waals surface area (Å²) in [5.74, 6) is -2.12. The second kappa shape index (κ2) is 10.1. The number of amides is 2. The molecule has 0 aliphatic carbocycles. The first-order valence-corrected chi connectivity index (χ1v) is 11.4. The van der Waals surface area contributed by atoms with Gasteiger partial charge < -0.3 is 10.2 Å². The number of hydrogen-bond acceptors (Lipinski definition) is 3. The maximum atomic E-state index is 13.5. The third kappa shape index (κ3) is 5.47. The molecule has 0 spiro atoms. The van der Waals surface area contributed by atoms with Gasteiger partial charge in [0.05, 0.1) is 11.3 Å². The lowest BCUT2D eigenvalue weighted by molar-refractivity contribution is 0.0709. The Balaban J connectivity index is 1.44. The van der Waals surface area contributed by atoms with Gasteiger partial charge in [0.2, 0.25) is 0 Å². The molecule has 1 aliphatic heterocycles. The van der Waals surface area contributed by atoms with E-state index >= 15 is 0 Å². The molecule has 7 heteroatoms. The number of piperidine rings is 1. The van der Waals surface area contributed by atoms with Crippen LogP contribution in [-0.2, 0) is 6.54 Å². The van der Waals surface area contributed by atoms with E-state index in [1.807, 2.05) is 44.2 Å². The van der Waals surface area contributed by atoms with E-state index in [4.69, 9.17) is 0 Å². The van der Waals surface area contributed by atoms with Crippen molar-refractivity contribution >= 4 is 11.8 Å². The van der Waals surface area contributed by atoms with Gasteiger partial charge in [-0.15, -0.1) is 0 Å². The number of nitrogens with one attached hydrogen (secondary N) is 1. The molecule has 5 nitrogen and oxygen atoms in total. The monoisotopic (exact) mass is 463 g/mol. The quantitative estimate of drug-likeness (QED) is 0.584. The summed E-state index contributed by atoms with van der Waals surface area (Å²) in [6.07, 6.45) is 1.22. The van der Waals surface area contributed by atoms with Crippen LogP contribution in [0.1, 0.15) is 62.0 Å². The van der Waals surface area contributed by atoms with Crippen molar-refractivity contribution in [1.29, 1.82) is 0 Å². The van der Waals surface area contributed by atoms with Crippen LogP contribution in [0.3, 0.4) is 0 Å². The maximum Gasteiger partial charge on any atom is 0.254 e. The van der Waals surface area contributed by atoms with E-state index < -0.39 is 17.5 Å². The Morgan fingerprint density at radius 1 is 0.971 bits per heavy atom. The fourth-order valence-corrected chi connectivity index (χ4v) is 4.28. The Morgan fingerprint density at radius 2 is 1.62 bits per heavy atom. The van der Waals surface area contributed by atoms with E-state index in [0.29, 0.717) is 38.0 Å². The molecule has 2 amide bonds. The Morgan fingerprint density at radius 3 is 2.26 bits per heavy atom. The zero-order valence-corrected chi connectivity index (χ0v) is 19.3. The number of halogens is 2. The number of carbonyl (C=O) groups excluding carboxylic acids is 2. The van der Waals surface area contributed by atoms with Crippen molar-refractivity contribution in [2.75, 3.05) is 13.1 Å². The third-order valence-corrected chi connectivity index (χ3v) is 6.16. The van der Waals surface area contributed by atoms with Crippen LogP contribution in [-0.4, -0.2) is 34.8 Å². The minimum atomic E-state index is -0.775. The Hall–Kier alpha value is -3.61. The molecule has 0 radical (unpaired) electrons. The van der Waals surface area contributed by atoms with E-state index in [1.165, 1.54) is 0 Å². The van der Waals surface area contributed by atoms with Crippen LogP contribution < -0.4 is 5.32 Å². The zero-order valence-electron chi connectivity index (χ0n) is 19.3. The standard InChI is InChI=1S/C27H27F2N3O2/c1-17-3-6-19(7-4-17)16-30-26(33)24-8-5-18(2)31-25(24)20-9-11-32(12-10-20)27(34)21-13-22(28)15-23(29)14-21/h3-8,13-15,20H,9-12,16H2,1-2H3,(H,30,33). The summed E-state index contributed by atoms with van der Waals surface area (Å²) < 4.78 is 27.1. The summed E-state index contributed by atoms with van der Waals surface area (Å²) in [5.41, 5.74) is 4.26. The van der Waals surface area contributed by atoms with Crippen molar-refractivity contribution in [3.63, 3.8) is 0 Å². The van der Waals surface area contributed by atoms with E-state index in [9.17, 15) is 18.4 Å². The summed E-state index contributed by atoms with van der Waals surface area (Å²) in [6, 6.07) is 14.5. The van der Waals surface area contributed by atoms with Crippen molar-refractivity contribution in [2.24, 2.45) is 0 Å². The van der Waals surface area contributed by atoms with Gasteiger partial charge >= 0.3 is 0 Å². The highest BCUT2D eigenvalue weighted by Gasteiger charge is 2.28. The van der Waals surface area contributed by atoms with Crippen LogP contribution in [0.15, 0.2) is 54.6 Å². The number of hydrogen-bond donors (Lipinski definition) is 1. The lowest BCUT2D eigenvalue weighted by Gasteiger charge is -2.32. The van der Waals surface area contributed by atoms with Crippen LogP contribution in [0.4, 0.5) is 8.78 Å². The van der Waals surface area contributed by atoms with Gasteiger partial charge in [-0.2, -0.15) is 0 Å². The van der Waals surface area contributed by atoms with Crippen molar-refractivity contribution in [1.82, 2.24) is 15.2 Å². The van der Waals surface area contributed by atoms with Crippen LogP contribution >= 0.6 is 0 Å². The van der Waals surface area contributed by atoms with E-state index in [0.717, 1.165) is 40.7 Å². The Bertz CT molecular complexity index is 1180. The second-order valence-corrected chi connectivity index (χ2v) is 8.78. The average Bonchev–Trinajstić information content (AvgIpc) is 2.82. The summed E-state index contributed by atoms with van der Waals surface area (Å²) in [6.45, 7) is 5.16. The molecule has 1 fully saturated rings. The third-order valence-electron chi connectivity index (χ3n) is 6.16. The van der Waals surface area contributed by atoms with Gasteiger partial charge in [-0.25, -0.2) is 8.78 Å². The normalized spacial score (nSPS) is 14.2. The van der Waals surface area contributed by atoms with Crippen LogP contribution in [0.2, 0.25) is 0 Å². The van der Waals surface area contributed by atoms with Gasteiger partial charge in [0.1, 0.15) is 11.6 Å². The number of nitrogens with zero attached hydrogens (tertiary/aromatic N) is 2. The molecule has 0 bridgehead atoms. The number of likely N-dealkylation sites (tertiary alicyclic amines) is 1. The number of aryl methyl sites for hydroxylation is 2. The smallest absolute Gasteiger partial charge is 0.254 e. The van der Waals surface area contributed by atoms with Crippen molar-refractivity contribution < 1.29 is 18.4 Å². The summed E-state index contributed by atoms with van der Waals surface area (Å²) in [4.78, 5) is 32.0. The molecule has 4 rings (SSSR count). The Labute approximate surface area is 197 Å². The number of aromatic nitrogens is 1. The molecule has 1 aromatic heterocycles. The number of carbonyl (C=O) groups is 2. The topological polar surface area (TPSA) is 62.3 Å². The van der Waals surface area contributed by atoms with Crippen molar-refractivity contribution in [3.05, 3.63) is 99.9 Å². The number of pyridine rings is 1. The fourth-order valence-electron chi connectivity index (χ4n) is 4.28. The summed E-state index contributed by atoms with van der Waals surface area (Å²) >= 11 is 0.